The van der Waals surface area contributed by atoms with Crippen LogP contribution in [-0.4, -0.2) is 18.6 Å². The maximum atomic E-state index is 12.7. The van der Waals surface area contributed by atoms with Crippen LogP contribution in [-0.2, 0) is 4.79 Å². The van der Waals surface area contributed by atoms with E-state index in [4.69, 9.17) is 27.9 Å². The minimum absolute atomic E-state index is 0.110. The van der Waals surface area contributed by atoms with Crippen molar-refractivity contribution in [1.29, 1.82) is 0 Å². The summed E-state index contributed by atoms with van der Waals surface area (Å²) in [4.78, 5) is 12.7. The molecular weight excluding hydrogens is 417 g/mol. The van der Waals surface area contributed by atoms with Gasteiger partial charge in [0.25, 0.3) is 5.91 Å². The number of halogens is 2. The Kier molecular flexibility index (Phi) is 7.78. The van der Waals surface area contributed by atoms with E-state index in [0.717, 1.165) is 0 Å². The number of carbonyl (C=O) groups excluding carboxylic acids is 1. The van der Waals surface area contributed by atoms with Crippen molar-refractivity contribution in [3.05, 3.63) is 100 Å². The highest BCUT2D eigenvalue weighted by Gasteiger charge is 2.23. The maximum Gasteiger partial charge on any atom is 0.260 e. The Morgan fingerprint density at radius 2 is 1.40 bits per heavy atom. The van der Waals surface area contributed by atoms with E-state index in [9.17, 15) is 4.79 Å². The highest BCUT2D eigenvalue weighted by Crippen LogP contribution is 2.33. The van der Waals surface area contributed by atoms with E-state index in [1.807, 2.05) is 42.5 Å². The molecule has 30 heavy (non-hydrogen) atoms. The molecule has 0 saturated heterocycles. The molecule has 0 bridgehead atoms. The Labute approximate surface area is 188 Å². The molecular formula is C25H25Cl2NO2. The molecule has 3 aromatic carbocycles. The van der Waals surface area contributed by atoms with Crippen molar-refractivity contribution < 1.29 is 9.53 Å². The average Bonchev–Trinajstić information content (AvgIpc) is 2.76. The monoisotopic (exact) mass is 441 g/mol. The van der Waals surface area contributed by atoms with Gasteiger partial charge in [0, 0.05) is 22.5 Å². The summed E-state index contributed by atoms with van der Waals surface area (Å²) in [5.74, 6) is 0.752. The van der Waals surface area contributed by atoms with Gasteiger partial charge in [-0.2, -0.15) is 0 Å². The highest BCUT2D eigenvalue weighted by molar-refractivity contribution is 6.30. The minimum atomic E-state index is -0.617. The SMILES string of the molecule is CC(Oc1ccc(Cl)cc1)C(=O)NCC(c1ccccc1)C(C)c1ccc(Cl)cc1. The quantitative estimate of drug-likeness (QED) is 0.435. The van der Waals surface area contributed by atoms with E-state index in [2.05, 4.69) is 24.4 Å². The predicted molar refractivity (Wildman–Crippen MR) is 124 cm³/mol. The van der Waals surface area contributed by atoms with E-state index in [0.29, 0.717) is 22.3 Å². The van der Waals surface area contributed by atoms with Crippen LogP contribution in [0.1, 0.15) is 36.8 Å². The molecule has 0 aromatic heterocycles. The first kappa shape index (κ1) is 22.2. The Morgan fingerprint density at radius 3 is 2.00 bits per heavy atom. The zero-order chi connectivity index (χ0) is 21.5. The number of benzene rings is 3. The van der Waals surface area contributed by atoms with E-state index in [1.54, 1.807) is 31.2 Å². The van der Waals surface area contributed by atoms with Crippen LogP contribution in [0.5, 0.6) is 5.75 Å². The summed E-state index contributed by atoms with van der Waals surface area (Å²) < 4.78 is 5.74. The second kappa shape index (κ2) is 10.5. The number of amides is 1. The van der Waals surface area contributed by atoms with Crippen molar-refractivity contribution in [1.82, 2.24) is 5.32 Å². The molecule has 3 nitrogen and oxygen atoms in total. The fourth-order valence-corrected chi connectivity index (χ4v) is 3.66. The minimum Gasteiger partial charge on any atom is -0.481 e. The van der Waals surface area contributed by atoms with Crippen molar-refractivity contribution in [3.63, 3.8) is 0 Å². The second-order valence-corrected chi connectivity index (χ2v) is 8.19. The highest BCUT2D eigenvalue weighted by atomic mass is 35.5. The summed E-state index contributed by atoms with van der Waals surface area (Å²) in [5, 5.41) is 4.40. The third-order valence-corrected chi connectivity index (χ3v) is 5.72. The number of ether oxygens (including phenoxy) is 1. The molecule has 3 rings (SSSR count). The summed E-state index contributed by atoms with van der Waals surface area (Å²) >= 11 is 11.9. The van der Waals surface area contributed by atoms with Crippen molar-refractivity contribution in [3.8, 4) is 5.75 Å². The van der Waals surface area contributed by atoms with Crippen LogP contribution in [0.4, 0.5) is 0 Å². The largest absolute Gasteiger partial charge is 0.481 e. The number of nitrogens with one attached hydrogen (secondary N) is 1. The first-order chi connectivity index (χ1) is 14.4. The van der Waals surface area contributed by atoms with E-state index >= 15 is 0 Å². The van der Waals surface area contributed by atoms with Crippen LogP contribution in [0.25, 0.3) is 0 Å². The van der Waals surface area contributed by atoms with Gasteiger partial charge in [-0.3, -0.25) is 4.79 Å². The van der Waals surface area contributed by atoms with Crippen LogP contribution >= 0.6 is 23.2 Å². The van der Waals surface area contributed by atoms with E-state index < -0.39 is 6.10 Å². The van der Waals surface area contributed by atoms with E-state index in [-0.39, 0.29) is 17.7 Å². The van der Waals surface area contributed by atoms with Gasteiger partial charge >= 0.3 is 0 Å². The molecule has 3 unspecified atom stereocenters. The molecule has 0 radical (unpaired) electrons. The van der Waals surface area contributed by atoms with Crippen LogP contribution in [0.2, 0.25) is 10.0 Å². The van der Waals surface area contributed by atoms with Gasteiger partial charge in [0.2, 0.25) is 0 Å². The maximum absolute atomic E-state index is 12.7. The first-order valence-corrected chi connectivity index (χ1v) is 10.7. The molecule has 0 aliphatic carbocycles. The summed E-state index contributed by atoms with van der Waals surface area (Å²) in [6.45, 7) is 4.41. The molecule has 156 valence electrons. The molecule has 3 atom stereocenters. The number of hydrogen-bond donors (Lipinski definition) is 1. The summed E-state index contributed by atoms with van der Waals surface area (Å²) in [6, 6.07) is 25.1. The van der Waals surface area contributed by atoms with Crippen molar-refractivity contribution in [2.75, 3.05) is 6.54 Å². The Bertz CT molecular complexity index is 943. The number of hydrogen-bond acceptors (Lipinski definition) is 2. The summed E-state index contributed by atoms with van der Waals surface area (Å²) in [5.41, 5.74) is 2.35. The Morgan fingerprint density at radius 1 is 0.833 bits per heavy atom. The lowest BCUT2D eigenvalue weighted by Crippen LogP contribution is -2.39. The van der Waals surface area contributed by atoms with Gasteiger partial charge in [-0.25, -0.2) is 0 Å². The van der Waals surface area contributed by atoms with Gasteiger partial charge in [0.15, 0.2) is 6.10 Å². The third-order valence-electron chi connectivity index (χ3n) is 5.22. The standard InChI is InChI=1S/C25H25Cl2NO2/c1-17(19-8-10-21(26)11-9-19)24(20-6-4-3-5-7-20)16-28-25(29)18(2)30-23-14-12-22(27)13-15-23/h3-15,17-18,24H,16H2,1-2H3,(H,28,29). The van der Waals surface area contributed by atoms with Gasteiger partial charge in [0.05, 0.1) is 0 Å². The molecule has 0 spiro atoms. The lowest BCUT2D eigenvalue weighted by atomic mass is 9.82. The lowest BCUT2D eigenvalue weighted by molar-refractivity contribution is -0.127. The molecule has 0 saturated carbocycles. The molecule has 3 aromatic rings. The smallest absolute Gasteiger partial charge is 0.260 e. The lowest BCUT2D eigenvalue weighted by Gasteiger charge is -2.26. The summed E-state index contributed by atoms with van der Waals surface area (Å²) in [7, 11) is 0. The molecule has 1 amide bonds. The zero-order valence-electron chi connectivity index (χ0n) is 17.0. The Hall–Kier alpha value is -2.49. The molecule has 0 fully saturated rings. The zero-order valence-corrected chi connectivity index (χ0v) is 18.5. The van der Waals surface area contributed by atoms with Crippen LogP contribution in [0.3, 0.4) is 0 Å². The molecule has 0 aliphatic rings. The molecule has 0 heterocycles. The normalized spacial score (nSPS) is 13.9. The van der Waals surface area contributed by atoms with Gasteiger partial charge in [-0.15, -0.1) is 0 Å². The van der Waals surface area contributed by atoms with Gasteiger partial charge in [-0.05, 0) is 60.4 Å². The van der Waals surface area contributed by atoms with E-state index in [1.165, 1.54) is 11.1 Å². The third kappa shape index (κ3) is 6.01. The van der Waals surface area contributed by atoms with Crippen LogP contribution in [0.15, 0.2) is 78.9 Å². The summed E-state index contributed by atoms with van der Waals surface area (Å²) in [6.07, 6.45) is -0.617. The number of rotatable bonds is 8. The average molecular weight is 442 g/mol. The van der Waals surface area contributed by atoms with Crippen molar-refractivity contribution in [2.24, 2.45) is 0 Å². The fourth-order valence-electron chi connectivity index (χ4n) is 3.41. The molecule has 5 heteroatoms. The van der Waals surface area contributed by atoms with Gasteiger partial charge < -0.3 is 10.1 Å². The molecule has 1 N–H and O–H groups in total. The first-order valence-electron chi connectivity index (χ1n) is 9.94. The Balaban J connectivity index is 1.69. The topological polar surface area (TPSA) is 38.3 Å². The number of carbonyl (C=O) groups is 1. The van der Waals surface area contributed by atoms with Gasteiger partial charge in [-0.1, -0.05) is 72.6 Å². The van der Waals surface area contributed by atoms with Gasteiger partial charge in [0.1, 0.15) is 5.75 Å². The van der Waals surface area contributed by atoms with Crippen molar-refractivity contribution >= 4 is 29.1 Å². The molecule has 0 aliphatic heterocycles. The van der Waals surface area contributed by atoms with Crippen molar-refractivity contribution in [2.45, 2.75) is 31.8 Å². The van der Waals surface area contributed by atoms with Crippen LogP contribution < -0.4 is 10.1 Å². The fraction of sp³-hybridized carbons (Fsp3) is 0.240. The second-order valence-electron chi connectivity index (χ2n) is 7.32. The van der Waals surface area contributed by atoms with Crippen LogP contribution in [0, 0.1) is 0 Å². The predicted octanol–water partition coefficient (Wildman–Crippen LogP) is 6.46.